The van der Waals surface area contributed by atoms with Crippen LogP contribution >= 0.6 is 0 Å². The second-order valence-corrected chi connectivity index (χ2v) is 8.62. The number of carbonyl (C=O) groups excluding carboxylic acids is 3. The first-order valence-electron chi connectivity index (χ1n) is 12.1. The summed E-state index contributed by atoms with van der Waals surface area (Å²) < 4.78 is 24.5. The minimum atomic E-state index is -0.762. The minimum Gasteiger partial charge on any atom is -0.493 e. The number of benzene rings is 4. The summed E-state index contributed by atoms with van der Waals surface area (Å²) in [5, 5.41) is 0. The lowest BCUT2D eigenvalue weighted by Gasteiger charge is -2.33. The van der Waals surface area contributed by atoms with Gasteiger partial charge in [0.2, 0.25) is 0 Å². The number of nitrogens with zero attached hydrogens (tertiary/aromatic N) is 2. The minimum absolute atomic E-state index is 0.189. The largest absolute Gasteiger partial charge is 0.493 e. The third kappa shape index (κ3) is 5.26. The van der Waals surface area contributed by atoms with Gasteiger partial charge in [0, 0.05) is 0 Å². The van der Waals surface area contributed by atoms with Crippen LogP contribution in [0.5, 0.6) is 11.5 Å². The van der Waals surface area contributed by atoms with Gasteiger partial charge in [-0.05, 0) is 65.7 Å². The smallest absolute Gasteiger partial charge is 0.343 e. The van der Waals surface area contributed by atoms with Gasteiger partial charge in [-0.25, -0.2) is 19.0 Å². The molecule has 0 bridgehead atoms. The number of carbonyl (C=O) groups is 3. The lowest BCUT2D eigenvalue weighted by molar-refractivity contribution is -0.121. The molecule has 4 aromatic carbocycles. The maximum atomic E-state index is 13.5. The molecule has 1 aliphatic rings. The molecule has 0 radical (unpaired) electrons. The van der Waals surface area contributed by atoms with E-state index in [2.05, 4.69) is 0 Å². The van der Waals surface area contributed by atoms with Crippen LogP contribution in [0.25, 0.3) is 6.08 Å². The maximum absolute atomic E-state index is 13.5. The highest BCUT2D eigenvalue weighted by Gasteiger charge is 2.43. The summed E-state index contributed by atoms with van der Waals surface area (Å²) in [5.74, 6) is -1.01. The lowest BCUT2D eigenvalue weighted by Crippen LogP contribution is -2.57. The van der Waals surface area contributed by atoms with Gasteiger partial charge in [0.1, 0.15) is 18.0 Å². The van der Waals surface area contributed by atoms with E-state index in [9.17, 15) is 18.8 Å². The normalized spacial score (nSPS) is 13.5. The topological polar surface area (TPSA) is 76.2 Å². The van der Waals surface area contributed by atoms with Crippen molar-refractivity contribution in [3.63, 3.8) is 0 Å². The first-order valence-corrected chi connectivity index (χ1v) is 12.1. The summed E-state index contributed by atoms with van der Waals surface area (Å²) in [5.41, 5.74) is 1.76. The second kappa shape index (κ2) is 11.0. The van der Waals surface area contributed by atoms with E-state index in [4.69, 9.17) is 9.47 Å². The molecule has 0 saturated carbocycles. The number of halogens is 1. The van der Waals surface area contributed by atoms with Crippen LogP contribution in [0.15, 0.2) is 109 Å². The predicted octanol–water partition coefficient (Wildman–Crippen LogP) is 6.00. The Hall–Kier alpha value is -5.24. The fraction of sp³-hybridized carbons (Fsp3) is 0.0645. The highest BCUT2D eigenvalue weighted by molar-refractivity contribution is 6.46. The summed E-state index contributed by atoms with van der Waals surface area (Å²) in [4.78, 5) is 42.5. The number of hydrogen-bond acceptors (Lipinski definition) is 5. The fourth-order valence-corrected chi connectivity index (χ4v) is 4.14. The summed E-state index contributed by atoms with van der Waals surface area (Å²) >= 11 is 0. The molecule has 0 aromatic heterocycles. The number of urea groups is 1. The quantitative estimate of drug-likeness (QED) is 0.220. The fourth-order valence-electron chi connectivity index (χ4n) is 4.14. The van der Waals surface area contributed by atoms with Crippen molar-refractivity contribution in [3.8, 4) is 11.5 Å². The predicted molar refractivity (Wildman–Crippen MR) is 145 cm³/mol. The standard InChI is InChI=1S/C31H23FN2O5/c1-38-28-19-22(14-17-27(28)39-20-21-12-15-23(32)16-13-21)18-26-29(35)33(24-8-4-2-5-9-24)31(37)34(30(26)36)25-10-6-3-7-11-25/h2-19H,20H2,1H3. The van der Waals surface area contributed by atoms with Gasteiger partial charge < -0.3 is 9.47 Å². The van der Waals surface area contributed by atoms with Crippen molar-refractivity contribution in [2.75, 3.05) is 16.9 Å². The second-order valence-electron chi connectivity index (χ2n) is 8.62. The number of amides is 4. The molecule has 0 spiro atoms. The third-order valence-corrected chi connectivity index (χ3v) is 6.08. The van der Waals surface area contributed by atoms with Gasteiger partial charge in [0.05, 0.1) is 18.5 Å². The molecule has 1 heterocycles. The van der Waals surface area contributed by atoms with Gasteiger partial charge in [-0.2, -0.15) is 0 Å². The highest BCUT2D eigenvalue weighted by atomic mass is 19.1. The lowest BCUT2D eigenvalue weighted by atomic mass is 10.0. The maximum Gasteiger partial charge on any atom is 0.343 e. The zero-order valence-electron chi connectivity index (χ0n) is 20.9. The molecule has 1 fully saturated rings. The Bertz CT molecular complexity index is 1490. The molecule has 194 valence electrons. The van der Waals surface area contributed by atoms with E-state index in [0.29, 0.717) is 28.4 Å². The molecule has 4 amide bonds. The number of barbiturate groups is 1. The van der Waals surface area contributed by atoms with Gasteiger partial charge in [-0.1, -0.05) is 54.6 Å². The van der Waals surface area contributed by atoms with Crippen LogP contribution in [0.3, 0.4) is 0 Å². The van der Waals surface area contributed by atoms with E-state index in [1.807, 2.05) is 0 Å². The number of imide groups is 2. The molecule has 1 saturated heterocycles. The van der Waals surface area contributed by atoms with E-state index in [0.717, 1.165) is 15.4 Å². The SMILES string of the molecule is COc1cc(C=C2C(=O)N(c3ccccc3)C(=O)N(c3ccccc3)C2=O)ccc1OCc1ccc(F)cc1. The zero-order chi connectivity index (χ0) is 27.4. The number of methoxy groups -OCH3 is 1. The molecule has 0 N–H and O–H groups in total. The molecule has 0 unspecified atom stereocenters. The average molecular weight is 523 g/mol. The number of hydrogen-bond donors (Lipinski definition) is 0. The Balaban J connectivity index is 1.50. The Morgan fingerprint density at radius 1 is 0.718 bits per heavy atom. The summed E-state index contributed by atoms with van der Waals surface area (Å²) in [6.07, 6.45) is 1.43. The average Bonchev–Trinajstić information content (AvgIpc) is 2.96. The number of anilines is 2. The molecule has 5 rings (SSSR count). The molecule has 8 heteroatoms. The molecule has 0 aliphatic carbocycles. The van der Waals surface area contributed by atoms with Crippen LogP contribution in [0.2, 0.25) is 0 Å². The van der Waals surface area contributed by atoms with Gasteiger partial charge >= 0.3 is 6.03 Å². The van der Waals surface area contributed by atoms with Gasteiger partial charge in [-0.3, -0.25) is 9.59 Å². The van der Waals surface area contributed by atoms with Crippen molar-refractivity contribution >= 4 is 35.3 Å². The van der Waals surface area contributed by atoms with E-state index >= 15 is 0 Å². The van der Waals surface area contributed by atoms with E-state index in [1.165, 1.54) is 25.3 Å². The molecule has 1 aliphatic heterocycles. The zero-order valence-corrected chi connectivity index (χ0v) is 20.9. The van der Waals surface area contributed by atoms with Crippen LogP contribution < -0.4 is 19.3 Å². The van der Waals surface area contributed by atoms with Crippen molar-refractivity contribution in [1.29, 1.82) is 0 Å². The first-order chi connectivity index (χ1) is 19.0. The van der Waals surface area contributed by atoms with Crippen LogP contribution in [0, 0.1) is 5.82 Å². The Morgan fingerprint density at radius 2 is 1.28 bits per heavy atom. The monoisotopic (exact) mass is 522 g/mol. The van der Waals surface area contributed by atoms with Crippen molar-refractivity contribution in [2.24, 2.45) is 0 Å². The van der Waals surface area contributed by atoms with Crippen LogP contribution in [-0.4, -0.2) is 25.0 Å². The van der Waals surface area contributed by atoms with Crippen LogP contribution in [0.4, 0.5) is 20.6 Å². The molecule has 4 aromatic rings. The van der Waals surface area contributed by atoms with Gasteiger partial charge in [0.25, 0.3) is 11.8 Å². The molecular weight excluding hydrogens is 499 g/mol. The number of rotatable bonds is 7. The molecular formula is C31H23FN2O5. The van der Waals surface area contributed by atoms with Crippen LogP contribution in [-0.2, 0) is 16.2 Å². The van der Waals surface area contributed by atoms with Crippen molar-refractivity contribution < 1.29 is 28.2 Å². The third-order valence-electron chi connectivity index (χ3n) is 6.08. The number of ether oxygens (including phenoxy) is 2. The highest BCUT2D eigenvalue weighted by Crippen LogP contribution is 2.32. The Kier molecular flexibility index (Phi) is 7.18. The molecule has 0 atom stereocenters. The van der Waals surface area contributed by atoms with Crippen molar-refractivity contribution in [3.05, 3.63) is 126 Å². The molecule has 7 nitrogen and oxygen atoms in total. The first kappa shape index (κ1) is 25.4. The van der Waals surface area contributed by atoms with Gasteiger partial charge in [0.15, 0.2) is 11.5 Å². The summed E-state index contributed by atoms with van der Waals surface area (Å²) in [6, 6.07) is 27.0. The summed E-state index contributed by atoms with van der Waals surface area (Å²) in [7, 11) is 1.47. The van der Waals surface area contributed by atoms with Gasteiger partial charge in [-0.15, -0.1) is 0 Å². The van der Waals surface area contributed by atoms with E-state index < -0.39 is 17.8 Å². The summed E-state index contributed by atoms with van der Waals surface area (Å²) in [6.45, 7) is 0.189. The Morgan fingerprint density at radius 3 is 1.82 bits per heavy atom. The molecule has 39 heavy (non-hydrogen) atoms. The Labute approximate surface area is 224 Å². The van der Waals surface area contributed by atoms with E-state index in [1.54, 1.807) is 91.0 Å². The van der Waals surface area contributed by atoms with Crippen LogP contribution in [0.1, 0.15) is 11.1 Å². The number of para-hydroxylation sites is 2. The van der Waals surface area contributed by atoms with Crippen molar-refractivity contribution in [1.82, 2.24) is 0 Å². The van der Waals surface area contributed by atoms with Crippen molar-refractivity contribution in [2.45, 2.75) is 6.61 Å². The van der Waals surface area contributed by atoms with E-state index in [-0.39, 0.29) is 18.0 Å².